The zero-order valence-electron chi connectivity index (χ0n) is 10.2. The number of nitrogens with one attached hydrogen (secondary N) is 2. The summed E-state index contributed by atoms with van der Waals surface area (Å²) in [4.78, 5) is 11.1. The van der Waals surface area contributed by atoms with E-state index >= 15 is 0 Å². The third-order valence-corrected chi connectivity index (χ3v) is 3.31. The summed E-state index contributed by atoms with van der Waals surface area (Å²) >= 11 is 0. The summed E-state index contributed by atoms with van der Waals surface area (Å²) in [5, 5.41) is 4.80. The van der Waals surface area contributed by atoms with Gasteiger partial charge in [-0.3, -0.25) is 0 Å². The molecule has 0 saturated carbocycles. The van der Waals surface area contributed by atoms with E-state index in [1.54, 1.807) is 30.3 Å². The van der Waals surface area contributed by atoms with E-state index < -0.39 is 21.1 Å². The Bertz CT molecular complexity index is 717. The quantitative estimate of drug-likeness (QED) is 0.854. The Kier molecular flexibility index (Phi) is 3.99. The fourth-order valence-corrected chi connectivity index (χ4v) is 2.21. The fraction of sp³-hybridized carbons (Fsp3) is 0. The molecule has 2 aromatic rings. The Hall–Kier alpha value is -2.41. The molecular formula is C13H11FN2O3S. The van der Waals surface area contributed by atoms with Crippen LogP contribution in [0.25, 0.3) is 0 Å². The van der Waals surface area contributed by atoms with Crippen LogP contribution < -0.4 is 10.6 Å². The van der Waals surface area contributed by atoms with Crippen molar-refractivity contribution in [2.45, 2.75) is 4.90 Å². The van der Waals surface area contributed by atoms with Gasteiger partial charge in [-0.2, -0.15) is 8.42 Å². The highest BCUT2D eigenvalue weighted by Gasteiger charge is 2.18. The van der Waals surface area contributed by atoms with Gasteiger partial charge in [0.2, 0.25) is 0 Å². The van der Waals surface area contributed by atoms with Crippen molar-refractivity contribution in [1.29, 1.82) is 0 Å². The predicted octanol–water partition coefficient (Wildman–Crippen LogP) is 2.99. The number of amides is 2. The minimum atomic E-state index is -4.89. The molecule has 0 saturated heterocycles. The van der Waals surface area contributed by atoms with Gasteiger partial charge in [0.25, 0.3) is 0 Å². The van der Waals surface area contributed by atoms with Crippen molar-refractivity contribution in [3.63, 3.8) is 0 Å². The van der Waals surface area contributed by atoms with Crippen LogP contribution in [0.3, 0.4) is 0 Å². The maximum atomic E-state index is 13.1. The van der Waals surface area contributed by atoms with E-state index in [-0.39, 0.29) is 5.69 Å². The number of carbonyl (C=O) groups excluding carboxylic acids is 1. The normalized spacial score (nSPS) is 10.8. The topological polar surface area (TPSA) is 75.3 Å². The highest BCUT2D eigenvalue weighted by molar-refractivity contribution is 7.86. The van der Waals surface area contributed by atoms with Gasteiger partial charge in [-0.05, 0) is 24.3 Å². The van der Waals surface area contributed by atoms with E-state index in [1.807, 2.05) is 0 Å². The van der Waals surface area contributed by atoms with E-state index in [9.17, 15) is 17.1 Å². The second-order valence-electron chi connectivity index (χ2n) is 3.88. The SMILES string of the molecule is O=C(Nc1ccccc1)Nc1ccccc1S(=O)(=O)F. The Labute approximate surface area is 115 Å². The van der Waals surface area contributed by atoms with Crippen LogP contribution in [0, 0.1) is 0 Å². The molecule has 5 nitrogen and oxygen atoms in total. The number of para-hydroxylation sites is 2. The first-order chi connectivity index (χ1) is 9.47. The molecule has 7 heteroatoms. The monoisotopic (exact) mass is 294 g/mol. The van der Waals surface area contributed by atoms with Crippen LogP contribution in [0.1, 0.15) is 0 Å². The molecule has 0 unspecified atom stereocenters. The van der Waals surface area contributed by atoms with Gasteiger partial charge in [0.15, 0.2) is 0 Å². The van der Waals surface area contributed by atoms with Crippen molar-refractivity contribution in [2.24, 2.45) is 0 Å². The lowest BCUT2D eigenvalue weighted by atomic mass is 10.3. The van der Waals surface area contributed by atoms with Gasteiger partial charge in [0, 0.05) is 5.69 Å². The first-order valence-corrected chi connectivity index (χ1v) is 7.02. The van der Waals surface area contributed by atoms with E-state index in [4.69, 9.17) is 0 Å². The minimum Gasteiger partial charge on any atom is -0.308 e. The van der Waals surface area contributed by atoms with Crippen molar-refractivity contribution >= 4 is 27.6 Å². The zero-order valence-corrected chi connectivity index (χ0v) is 11.0. The van der Waals surface area contributed by atoms with Crippen molar-refractivity contribution in [3.8, 4) is 0 Å². The molecule has 0 aromatic heterocycles. The highest BCUT2D eigenvalue weighted by Crippen LogP contribution is 2.22. The maximum Gasteiger partial charge on any atom is 0.334 e. The lowest BCUT2D eigenvalue weighted by Gasteiger charge is -2.09. The summed E-state index contributed by atoms with van der Waals surface area (Å²) in [6.45, 7) is 0. The second kappa shape index (κ2) is 5.70. The van der Waals surface area contributed by atoms with Crippen molar-refractivity contribution in [1.82, 2.24) is 0 Å². The van der Waals surface area contributed by atoms with Crippen LogP contribution >= 0.6 is 0 Å². The molecule has 0 bridgehead atoms. The first-order valence-electron chi connectivity index (χ1n) is 5.63. The molecule has 104 valence electrons. The summed E-state index contributed by atoms with van der Waals surface area (Å²) in [5.41, 5.74) is 0.411. The Morgan fingerprint density at radius 1 is 0.900 bits per heavy atom. The molecule has 0 atom stereocenters. The maximum absolute atomic E-state index is 13.1. The fourth-order valence-electron chi connectivity index (χ4n) is 1.59. The first kappa shape index (κ1) is 14.0. The average molecular weight is 294 g/mol. The van der Waals surface area contributed by atoms with Crippen LogP contribution in [0.15, 0.2) is 59.5 Å². The van der Waals surface area contributed by atoms with Crippen LogP contribution in [0.5, 0.6) is 0 Å². The summed E-state index contributed by atoms with van der Waals surface area (Å²) in [5.74, 6) is 0. The van der Waals surface area contributed by atoms with Gasteiger partial charge >= 0.3 is 16.3 Å². The summed E-state index contributed by atoms with van der Waals surface area (Å²) in [7, 11) is -4.89. The molecule has 0 fully saturated rings. The number of benzene rings is 2. The van der Waals surface area contributed by atoms with Crippen LogP contribution in [-0.2, 0) is 10.2 Å². The smallest absolute Gasteiger partial charge is 0.308 e. The van der Waals surface area contributed by atoms with Gasteiger partial charge in [0.05, 0.1) is 5.69 Å². The number of halogens is 1. The summed E-state index contributed by atoms with van der Waals surface area (Å²) < 4.78 is 35.0. The lowest BCUT2D eigenvalue weighted by Crippen LogP contribution is -2.20. The number of anilines is 2. The van der Waals surface area contributed by atoms with Crippen LogP contribution in [-0.4, -0.2) is 14.4 Å². The largest absolute Gasteiger partial charge is 0.334 e. The Balaban J connectivity index is 2.17. The van der Waals surface area contributed by atoms with Crippen LogP contribution in [0.4, 0.5) is 20.1 Å². The molecule has 0 aliphatic heterocycles. The molecule has 0 heterocycles. The third-order valence-electron chi connectivity index (χ3n) is 2.43. The molecule has 0 aliphatic carbocycles. The van der Waals surface area contributed by atoms with Crippen molar-refractivity contribution in [2.75, 3.05) is 10.6 Å². The zero-order chi connectivity index (χ0) is 14.6. The van der Waals surface area contributed by atoms with E-state index in [0.717, 1.165) is 6.07 Å². The molecule has 0 radical (unpaired) electrons. The third kappa shape index (κ3) is 3.55. The molecule has 2 rings (SSSR count). The molecule has 2 aromatic carbocycles. The standard InChI is InChI=1S/C13H11FN2O3S/c14-20(18,19)12-9-5-4-8-11(12)16-13(17)15-10-6-2-1-3-7-10/h1-9H,(H2,15,16,17). The minimum absolute atomic E-state index is 0.122. The summed E-state index contributed by atoms with van der Waals surface area (Å²) in [6.07, 6.45) is 0. The Morgan fingerprint density at radius 2 is 1.50 bits per heavy atom. The van der Waals surface area contributed by atoms with Gasteiger partial charge in [-0.1, -0.05) is 30.3 Å². The van der Waals surface area contributed by atoms with E-state index in [1.165, 1.54) is 18.2 Å². The number of hydrogen-bond acceptors (Lipinski definition) is 3. The number of hydrogen-bond donors (Lipinski definition) is 2. The number of carbonyl (C=O) groups is 1. The van der Waals surface area contributed by atoms with Gasteiger partial charge in [-0.15, -0.1) is 3.89 Å². The second-order valence-corrected chi connectivity index (χ2v) is 5.19. The van der Waals surface area contributed by atoms with E-state index in [0.29, 0.717) is 5.69 Å². The summed E-state index contributed by atoms with van der Waals surface area (Å²) in [6, 6.07) is 13.2. The van der Waals surface area contributed by atoms with Gasteiger partial charge < -0.3 is 10.6 Å². The Morgan fingerprint density at radius 3 is 2.15 bits per heavy atom. The lowest BCUT2D eigenvalue weighted by molar-refractivity contribution is 0.262. The van der Waals surface area contributed by atoms with Gasteiger partial charge in [-0.25, -0.2) is 4.79 Å². The molecule has 2 amide bonds. The number of rotatable bonds is 3. The molecule has 20 heavy (non-hydrogen) atoms. The van der Waals surface area contributed by atoms with Crippen LogP contribution in [0.2, 0.25) is 0 Å². The van der Waals surface area contributed by atoms with Gasteiger partial charge in [0.1, 0.15) is 4.90 Å². The van der Waals surface area contributed by atoms with Crippen molar-refractivity contribution in [3.05, 3.63) is 54.6 Å². The highest BCUT2D eigenvalue weighted by atomic mass is 32.3. The predicted molar refractivity (Wildman–Crippen MR) is 73.8 cm³/mol. The number of urea groups is 1. The molecule has 0 spiro atoms. The molecule has 0 aliphatic rings. The molecular weight excluding hydrogens is 283 g/mol. The van der Waals surface area contributed by atoms with Crippen molar-refractivity contribution < 1.29 is 17.1 Å². The molecule has 2 N–H and O–H groups in total. The average Bonchev–Trinajstić information content (AvgIpc) is 2.39. The van der Waals surface area contributed by atoms with E-state index in [2.05, 4.69) is 10.6 Å².